The fourth-order valence-electron chi connectivity index (χ4n) is 2.09. The van der Waals surface area contributed by atoms with E-state index in [4.69, 9.17) is 0 Å². The fraction of sp³-hybridized carbons (Fsp3) is 0.900. The van der Waals surface area contributed by atoms with E-state index < -0.39 is 0 Å². The van der Waals surface area contributed by atoms with Gasteiger partial charge in [-0.1, -0.05) is 13.3 Å². The quantitative estimate of drug-likeness (QED) is 0.624. The van der Waals surface area contributed by atoms with Crippen molar-refractivity contribution < 1.29 is 5.11 Å². The molecule has 0 radical (unpaired) electrons. The van der Waals surface area contributed by atoms with Crippen molar-refractivity contribution in [2.75, 3.05) is 26.2 Å². The average Bonchev–Trinajstić information content (AvgIpc) is 2.67. The van der Waals surface area contributed by atoms with Gasteiger partial charge in [-0.15, -0.1) is 0 Å². The highest BCUT2D eigenvalue weighted by molar-refractivity contribution is 5.80. The minimum Gasteiger partial charge on any atom is -0.389 e. The van der Waals surface area contributed by atoms with Gasteiger partial charge in [0.2, 0.25) is 0 Å². The van der Waals surface area contributed by atoms with Crippen LogP contribution in [0.15, 0.2) is 4.99 Å². The smallest absolute Gasteiger partial charge is 0.194 e. The lowest BCUT2D eigenvalue weighted by atomic mass is 10.1. The molecule has 2 heterocycles. The first kappa shape index (κ1) is 9.77. The highest BCUT2D eigenvalue weighted by Gasteiger charge is 2.25. The number of guanidine groups is 1. The second-order valence-electron chi connectivity index (χ2n) is 4.21. The molecule has 1 saturated heterocycles. The first-order chi connectivity index (χ1) is 6.79. The summed E-state index contributed by atoms with van der Waals surface area (Å²) in [6, 6.07) is 0. The van der Waals surface area contributed by atoms with E-state index in [0.29, 0.717) is 13.1 Å². The normalized spacial score (nSPS) is 32.7. The van der Waals surface area contributed by atoms with Crippen molar-refractivity contribution in [2.45, 2.75) is 25.9 Å². The largest absolute Gasteiger partial charge is 0.389 e. The molecule has 0 amide bonds. The zero-order valence-corrected chi connectivity index (χ0v) is 8.74. The minimum absolute atomic E-state index is 0.302. The van der Waals surface area contributed by atoms with Gasteiger partial charge in [0, 0.05) is 19.6 Å². The lowest BCUT2D eigenvalue weighted by molar-refractivity contribution is 0.178. The molecule has 80 valence electrons. The van der Waals surface area contributed by atoms with E-state index in [2.05, 4.69) is 22.1 Å². The molecule has 0 saturated carbocycles. The number of hydrogen-bond donors (Lipinski definition) is 2. The number of hydrogen-bond acceptors (Lipinski definition) is 4. The van der Waals surface area contributed by atoms with Crippen LogP contribution in [0, 0.1) is 5.92 Å². The summed E-state index contributed by atoms with van der Waals surface area (Å²) in [6.07, 6.45) is 2.23. The second-order valence-corrected chi connectivity index (χ2v) is 4.21. The van der Waals surface area contributed by atoms with Crippen LogP contribution in [0.2, 0.25) is 0 Å². The van der Waals surface area contributed by atoms with Crippen molar-refractivity contribution in [2.24, 2.45) is 10.9 Å². The molecule has 0 aromatic heterocycles. The number of nitrogens with zero attached hydrogens (tertiary/aromatic N) is 2. The van der Waals surface area contributed by atoms with Crippen molar-refractivity contribution in [1.29, 1.82) is 0 Å². The number of rotatable bonds is 1. The number of likely N-dealkylation sites (tertiary alicyclic amines) is 1. The number of nitrogens with one attached hydrogen (secondary N) is 1. The molecule has 2 atom stereocenters. The van der Waals surface area contributed by atoms with Gasteiger partial charge in [0.25, 0.3) is 0 Å². The molecule has 4 nitrogen and oxygen atoms in total. The van der Waals surface area contributed by atoms with Crippen molar-refractivity contribution in [3.63, 3.8) is 0 Å². The molecule has 2 aliphatic heterocycles. The van der Waals surface area contributed by atoms with Crippen LogP contribution in [-0.4, -0.2) is 48.2 Å². The number of aliphatic imine (C=N–C) groups is 1. The Bertz CT molecular complexity index is 229. The molecule has 14 heavy (non-hydrogen) atoms. The van der Waals surface area contributed by atoms with Crippen molar-refractivity contribution >= 4 is 5.96 Å². The average molecular weight is 197 g/mol. The summed E-state index contributed by atoms with van der Waals surface area (Å²) in [6.45, 7) is 5.68. The SMILES string of the molecule is CCC1CCN(C2=NCC(O)CN2)C1. The fourth-order valence-corrected chi connectivity index (χ4v) is 2.09. The molecule has 4 heteroatoms. The lowest BCUT2D eigenvalue weighted by Gasteiger charge is -2.26. The van der Waals surface area contributed by atoms with Gasteiger partial charge in [-0.2, -0.15) is 0 Å². The molecule has 0 aromatic carbocycles. The maximum atomic E-state index is 9.28. The maximum Gasteiger partial charge on any atom is 0.194 e. The Balaban J connectivity index is 1.90. The Labute approximate surface area is 85.0 Å². The molecule has 0 bridgehead atoms. The Morgan fingerprint density at radius 1 is 1.64 bits per heavy atom. The van der Waals surface area contributed by atoms with Crippen molar-refractivity contribution in [3.8, 4) is 0 Å². The minimum atomic E-state index is -0.302. The summed E-state index contributed by atoms with van der Waals surface area (Å²) in [5.41, 5.74) is 0. The molecule has 0 aromatic rings. The maximum absolute atomic E-state index is 9.28. The Morgan fingerprint density at radius 3 is 3.07 bits per heavy atom. The first-order valence-electron chi connectivity index (χ1n) is 5.51. The van der Waals surface area contributed by atoms with Gasteiger partial charge in [-0.25, -0.2) is 0 Å². The molecule has 2 N–H and O–H groups in total. The summed E-state index contributed by atoms with van der Waals surface area (Å²) in [7, 11) is 0. The third kappa shape index (κ3) is 2.00. The first-order valence-corrected chi connectivity index (χ1v) is 5.51. The number of aliphatic hydroxyl groups excluding tert-OH is 1. The molecule has 2 aliphatic rings. The molecule has 2 unspecified atom stereocenters. The summed E-state index contributed by atoms with van der Waals surface area (Å²) in [5.74, 6) is 1.82. The van der Waals surface area contributed by atoms with Gasteiger partial charge in [0.1, 0.15) is 0 Å². The highest BCUT2D eigenvalue weighted by atomic mass is 16.3. The molecule has 1 fully saturated rings. The summed E-state index contributed by atoms with van der Waals surface area (Å²) >= 11 is 0. The molecule has 0 aliphatic carbocycles. The topological polar surface area (TPSA) is 47.9 Å². The highest BCUT2D eigenvalue weighted by Crippen LogP contribution is 2.19. The monoisotopic (exact) mass is 197 g/mol. The van der Waals surface area contributed by atoms with Gasteiger partial charge in [-0.3, -0.25) is 4.99 Å². The molecule has 2 rings (SSSR count). The standard InChI is InChI=1S/C10H19N3O/c1-2-8-3-4-13(7-8)10-11-5-9(14)6-12-10/h8-9,14H,2-7H2,1H3,(H,11,12). The molecular weight excluding hydrogens is 178 g/mol. The van der Waals surface area contributed by atoms with Gasteiger partial charge in [0.15, 0.2) is 5.96 Å². The van der Waals surface area contributed by atoms with Gasteiger partial charge >= 0.3 is 0 Å². The van der Waals surface area contributed by atoms with Crippen molar-refractivity contribution in [3.05, 3.63) is 0 Å². The molecule has 0 spiro atoms. The van der Waals surface area contributed by atoms with Crippen LogP contribution in [0.25, 0.3) is 0 Å². The summed E-state index contributed by atoms with van der Waals surface area (Å²) in [4.78, 5) is 6.65. The Morgan fingerprint density at radius 2 is 2.50 bits per heavy atom. The second kappa shape index (κ2) is 4.17. The third-order valence-corrected chi connectivity index (χ3v) is 3.11. The van der Waals surface area contributed by atoms with Gasteiger partial charge < -0.3 is 15.3 Å². The summed E-state index contributed by atoms with van der Waals surface area (Å²) in [5, 5.41) is 12.5. The number of β-amino-alcohol motifs (C(OH)–C–C–N with tert-alkyl or cyclic N) is 1. The zero-order chi connectivity index (χ0) is 9.97. The van der Waals surface area contributed by atoms with Crippen LogP contribution < -0.4 is 5.32 Å². The molecular formula is C10H19N3O. The van der Waals surface area contributed by atoms with Crippen LogP contribution in [0.5, 0.6) is 0 Å². The van der Waals surface area contributed by atoms with E-state index in [0.717, 1.165) is 25.0 Å². The van der Waals surface area contributed by atoms with Crippen LogP contribution in [0.4, 0.5) is 0 Å². The van der Waals surface area contributed by atoms with E-state index in [-0.39, 0.29) is 6.10 Å². The number of aliphatic hydroxyl groups is 1. The summed E-state index contributed by atoms with van der Waals surface area (Å²) < 4.78 is 0. The van der Waals surface area contributed by atoms with E-state index in [1.165, 1.54) is 12.8 Å². The van der Waals surface area contributed by atoms with Crippen molar-refractivity contribution in [1.82, 2.24) is 10.2 Å². The Hall–Kier alpha value is -0.770. The van der Waals surface area contributed by atoms with Crippen LogP contribution in [-0.2, 0) is 0 Å². The third-order valence-electron chi connectivity index (χ3n) is 3.11. The van der Waals surface area contributed by atoms with Gasteiger partial charge in [0.05, 0.1) is 12.6 Å². The van der Waals surface area contributed by atoms with E-state index in [9.17, 15) is 5.11 Å². The van der Waals surface area contributed by atoms with Crippen LogP contribution in [0.1, 0.15) is 19.8 Å². The predicted octanol–water partition coefficient (Wildman–Crippen LogP) is 0.0384. The van der Waals surface area contributed by atoms with Crippen LogP contribution in [0.3, 0.4) is 0 Å². The van der Waals surface area contributed by atoms with E-state index in [1.54, 1.807) is 0 Å². The predicted molar refractivity (Wildman–Crippen MR) is 56.3 cm³/mol. The van der Waals surface area contributed by atoms with Crippen LogP contribution >= 0.6 is 0 Å². The van der Waals surface area contributed by atoms with Gasteiger partial charge in [-0.05, 0) is 12.3 Å². The van der Waals surface area contributed by atoms with E-state index >= 15 is 0 Å². The van der Waals surface area contributed by atoms with E-state index in [1.807, 2.05) is 0 Å². The zero-order valence-electron chi connectivity index (χ0n) is 8.74. The Kier molecular flexibility index (Phi) is 2.91. The lowest BCUT2D eigenvalue weighted by Crippen LogP contribution is -2.47.